The van der Waals surface area contributed by atoms with Gasteiger partial charge in [0.15, 0.2) is 0 Å². The van der Waals surface area contributed by atoms with Crippen LogP contribution in [0.4, 0.5) is 4.39 Å². The lowest BCUT2D eigenvalue weighted by Gasteiger charge is -2.15. The van der Waals surface area contributed by atoms with E-state index in [0.29, 0.717) is 6.54 Å². The highest BCUT2D eigenvalue weighted by molar-refractivity contribution is 5.42. The van der Waals surface area contributed by atoms with Crippen LogP contribution >= 0.6 is 0 Å². The molecule has 0 amide bonds. The molecule has 0 unspecified atom stereocenters. The van der Waals surface area contributed by atoms with Crippen LogP contribution in [0.15, 0.2) is 12.1 Å². The van der Waals surface area contributed by atoms with Crippen molar-refractivity contribution in [3.63, 3.8) is 0 Å². The van der Waals surface area contributed by atoms with Gasteiger partial charge in [-0.15, -0.1) is 0 Å². The second kappa shape index (κ2) is 3.05. The van der Waals surface area contributed by atoms with Crippen molar-refractivity contribution in [1.29, 1.82) is 0 Å². The number of rotatable bonds is 2. The number of benzene rings is 1. The molecule has 1 fully saturated rings. The van der Waals surface area contributed by atoms with E-state index in [9.17, 15) is 4.39 Å². The second-order valence-electron chi connectivity index (χ2n) is 4.94. The van der Waals surface area contributed by atoms with E-state index in [1.165, 1.54) is 17.5 Å². The van der Waals surface area contributed by atoms with Gasteiger partial charge in [-0.25, -0.2) is 4.39 Å². The molecular weight excluding hydrogens is 189 g/mol. The van der Waals surface area contributed by atoms with Gasteiger partial charge in [0, 0.05) is 12.0 Å². The molecule has 1 aromatic carbocycles. The summed E-state index contributed by atoms with van der Waals surface area (Å²) < 4.78 is 13.9. The minimum Gasteiger partial charge on any atom is -0.330 e. The van der Waals surface area contributed by atoms with E-state index in [2.05, 4.69) is 6.07 Å². The summed E-state index contributed by atoms with van der Waals surface area (Å²) in [5, 5.41) is 0. The molecule has 0 saturated heterocycles. The van der Waals surface area contributed by atoms with Crippen LogP contribution in [-0.4, -0.2) is 6.54 Å². The lowest BCUT2D eigenvalue weighted by molar-refractivity contribution is 0.571. The average Bonchev–Trinajstić information content (AvgIpc) is 2.91. The Morgan fingerprint density at radius 2 is 1.87 bits per heavy atom. The lowest BCUT2D eigenvalue weighted by Crippen LogP contribution is -2.21. The van der Waals surface area contributed by atoms with Crippen molar-refractivity contribution in [2.45, 2.75) is 37.5 Å². The molecule has 0 bridgehead atoms. The van der Waals surface area contributed by atoms with Crippen LogP contribution in [0.5, 0.6) is 0 Å². The van der Waals surface area contributed by atoms with Gasteiger partial charge >= 0.3 is 0 Å². The SMILES string of the molecule is NCC1(c2cc3c(cc2F)CCC3)CC1. The average molecular weight is 205 g/mol. The Morgan fingerprint density at radius 1 is 1.20 bits per heavy atom. The third-order valence-corrected chi connectivity index (χ3v) is 4.00. The first-order valence-electron chi connectivity index (χ1n) is 5.77. The normalized spacial score (nSPS) is 21.5. The third kappa shape index (κ3) is 1.31. The Hall–Kier alpha value is -0.890. The van der Waals surface area contributed by atoms with Crippen LogP contribution < -0.4 is 5.73 Å². The number of nitrogens with two attached hydrogens (primary N) is 1. The number of hydrogen-bond donors (Lipinski definition) is 1. The molecule has 0 aromatic heterocycles. The Balaban J connectivity index is 2.09. The predicted molar refractivity (Wildman–Crippen MR) is 58.4 cm³/mol. The van der Waals surface area contributed by atoms with E-state index in [4.69, 9.17) is 5.73 Å². The van der Waals surface area contributed by atoms with Gasteiger partial charge in [-0.3, -0.25) is 0 Å². The maximum Gasteiger partial charge on any atom is 0.127 e. The highest BCUT2D eigenvalue weighted by Crippen LogP contribution is 2.49. The van der Waals surface area contributed by atoms with E-state index >= 15 is 0 Å². The molecule has 0 heterocycles. The van der Waals surface area contributed by atoms with Crippen LogP contribution in [0, 0.1) is 5.82 Å². The molecule has 1 saturated carbocycles. The van der Waals surface area contributed by atoms with E-state index < -0.39 is 0 Å². The van der Waals surface area contributed by atoms with Gasteiger partial charge in [0.1, 0.15) is 5.82 Å². The van der Waals surface area contributed by atoms with Crippen LogP contribution in [0.25, 0.3) is 0 Å². The summed E-state index contributed by atoms with van der Waals surface area (Å²) in [5.74, 6) is -0.0291. The fourth-order valence-corrected chi connectivity index (χ4v) is 2.73. The molecule has 15 heavy (non-hydrogen) atoms. The number of aryl methyl sites for hydroxylation is 2. The number of fused-ring (bicyclic) bond motifs is 1. The summed E-state index contributed by atoms with van der Waals surface area (Å²) in [4.78, 5) is 0. The molecule has 1 nitrogen and oxygen atoms in total. The molecule has 80 valence electrons. The van der Waals surface area contributed by atoms with Crippen molar-refractivity contribution >= 4 is 0 Å². The number of halogens is 1. The van der Waals surface area contributed by atoms with Gasteiger partial charge in [-0.2, -0.15) is 0 Å². The fraction of sp³-hybridized carbons (Fsp3) is 0.538. The summed E-state index contributed by atoms with van der Waals surface area (Å²) in [7, 11) is 0. The van der Waals surface area contributed by atoms with Crippen LogP contribution in [0.1, 0.15) is 36.0 Å². The van der Waals surface area contributed by atoms with Crippen molar-refractivity contribution in [3.05, 3.63) is 34.6 Å². The second-order valence-corrected chi connectivity index (χ2v) is 4.94. The van der Waals surface area contributed by atoms with Crippen molar-refractivity contribution in [3.8, 4) is 0 Å². The monoisotopic (exact) mass is 205 g/mol. The number of hydrogen-bond acceptors (Lipinski definition) is 1. The highest BCUT2D eigenvalue weighted by atomic mass is 19.1. The van der Waals surface area contributed by atoms with Gasteiger partial charge in [0.05, 0.1) is 0 Å². The summed E-state index contributed by atoms with van der Waals surface area (Å²) in [6.45, 7) is 0.586. The van der Waals surface area contributed by atoms with Crippen molar-refractivity contribution in [2.75, 3.05) is 6.54 Å². The Kier molecular flexibility index (Phi) is 1.90. The molecule has 0 atom stereocenters. The smallest absolute Gasteiger partial charge is 0.127 e. The van der Waals surface area contributed by atoms with E-state index in [1.807, 2.05) is 0 Å². The topological polar surface area (TPSA) is 26.0 Å². The first kappa shape index (κ1) is 9.34. The predicted octanol–water partition coefficient (Wildman–Crippen LogP) is 2.30. The maximum absolute atomic E-state index is 13.9. The highest BCUT2D eigenvalue weighted by Gasteiger charge is 2.45. The molecule has 0 spiro atoms. The summed E-state index contributed by atoms with van der Waals surface area (Å²) >= 11 is 0. The zero-order chi connectivity index (χ0) is 10.5. The molecule has 2 heteroatoms. The fourth-order valence-electron chi connectivity index (χ4n) is 2.73. The quantitative estimate of drug-likeness (QED) is 0.787. The minimum atomic E-state index is -0.0291. The molecule has 2 N–H and O–H groups in total. The van der Waals surface area contributed by atoms with Crippen LogP contribution in [0.3, 0.4) is 0 Å². The standard InChI is InChI=1S/C13H16FN/c14-12-7-10-3-1-2-9(10)6-11(12)13(8-15)4-5-13/h6-7H,1-5,8,15H2. The molecule has 2 aliphatic carbocycles. The Bertz CT molecular complexity index is 407. The van der Waals surface area contributed by atoms with Crippen molar-refractivity contribution in [1.82, 2.24) is 0 Å². The molecule has 1 aromatic rings. The zero-order valence-electron chi connectivity index (χ0n) is 8.85. The van der Waals surface area contributed by atoms with Crippen molar-refractivity contribution in [2.24, 2.45) is 5.73 Å². The molecule has 0 aliphatic heterocycles. The van der Waals surface area contributed by atoms with Crippen LogP contribution in [-0.2, 0) is 18.3 Å². The van der Waals surface area contributed by atoms with Gasteiger partial charge in [-0.1, -0.05) is 6.07 Å². The zero-order valence-corrected chi connectivity index (χ0v) is 8.85. The molecule has 0 radical (unpaired) electrons. The van der Waals surface area contributed by atoms with E-state index in [-0.39, 0.29) is 11.2 Å². The summed E-state index contributed by atoms with van der Waals surface area (Å²) in [5.41, 5.74) is 9.18. The third-order valence-electron chi connectivity index (χ3n) is 4.00. The largest absolute Gasteiger partial charge is 0.330 e. The Labute approximate surface area is 89.5 Å². The maximum atomic E-state index is 13.9. The first-order chi connectivity index (χ1) is 7.25. The van der Waals surface area contributed by atoms with E-state index in [0.717, 1.165) is 31.2 Å². The lowest BCUT2D eigenvalue weighted by atomic mass is 9.92. The summed E-state index contributed by atoms with van der Waals surface area (Å²) in [6, 6.07) is 3.82. The van der Waals surface area contributed by atoms with Gasteiger partial charge in [-0.05, 0) is 54.9 Å². The van der Waals surface area contributed by atoms with Gasteiger partial charge in [0.2, 0.25) is 0 Å². The van der Waals surface area contributed by atoms with Gasteiger partial charge in [0.25, 0.3) is 0 Å². The molecular formula is C13H16FN. The Morgan fingerprint density at radius 3 is 2.47 bits per heavy atom. The first-order valence-corrected chi connectivity index (χ1v) is 5.77. The molecule has 2 aliphatic rings. The minimum absolute atomic E-state index is 0.0122. The van der Waals surface area contributed by atoms with Gasteiger partial charge < -0.3 is 5.73 Å². The van der Waals surface area contributed by atoms with E-state index in [1.54, 1.807) is 6.07 Å². The molecule has 3 rings (SSSR count). The van der Waals surface area contributed by atoms with Crippen molar-refractivity contribution < 1.29 is 4.39 Å². The summed E-state index contributed by atoms with van der Waals surface area (Å²) in [6.07, 6.45) is 5.44. The van der Waals surface area contributed by atoms with Crippen LogP contribution in [0.2, 0.25) is 0 Å².